The summed E-state index contributed by atoms with van der Waals surface area (Å²) in [6.45, 7) is 1.91. The Kier molecular flexibility index (Phi) is 7.68. The number of benzene rings is 3. The summed E-state index contributed by atoms with van der Waals surface area (Å²) in [4.78, 5) is 23.3. The molecule has 9 heteroatoms. The molecule has 0 aliphatic rings. The van der Waals surface area contributed by atoms with E-state index >= 15 is 0 Å². The summed E-state index contributed by atoms with van der Waals surface area (Å²) in [7, 11) is -3.98. The number of aryl methyl sites for hydroxylation is 1. The zero-order valence-corrected chi connectivity index (χ0v) is 18.8. The van der Waals surface area contributed by atoms with E-state index in [1.165, 1.54) is 30.3 Å². The largest absolute Gasteiger partial charge is 0.493 e. The summed E-state index contributed by atoms with van der Waals surface area (Å²) in [5.41, 5.74) is 1.51. The van der Waals surface area contributed by atoms with Crippen LogP contribution < -0.4 is 14.8 Å². The highest BCUT2D eigenvalue weighted by molar-refractivity contribution is 7.92. The number of nitrogens with one attached hydrogen (secondary N) is 2. The minimum atomic E-state index is -3.98. The third kappa shape index (κ3) is 6.56. The number of amides is 1. The van der Waals surface area contributed by atoms with E-state index < -0.39 is 21.9 Å². The summed E-state index contributed by atoms with van der Waals surface area (Å²) >= 11 is 0. The van der Waals surface area contributed by atoms with Crippen LogP contribution in [0.4, 0.5) is 11.4 Å². The molecule has 172 valence electrons. The van der Waals surface area contributed by atoms with Crippen molar-refractivity contribution >= 4 is 33.3 Å². The van der Waals surface area contributed by atoms with Crippen LogP contribution in [0.2, 0.25) is 0 Å². The van der Waals surface area contributed by atoms with Gasteiger partial charge in [0.25, 0.3) is 15.9 Å². The molecule has 33 heavy (non-hydrogen) atoms. The first-order valence-corrected chi connectivity index (χ1v) is 11.7. The third-order valence-electron chi connectivity index (χ3n) is 4.70. The topological polar surface area (TPSA) is 122 Å². The van der Waals surface area contributed by atoms with Gasteiger partial charge in [-0.3, -0.25) is 14.3 Å². The van der Waals surface area contributed by atoms with Crippen LogP contribution in [0.1, 0.15) is 28.8 Å². The average Bonchev–Trinajstić information content (AvgIpc) is 2.78. The van der Waals surface area contributed by atoms with Crippen LogP contribution >= 0.6 is 0 Å². The minimum absolute atomic E-state index is 0.00725. The molecule has 0 atom stereocenters. The van der Waals surface area contributed by atoms with Crippen LogP contribution in [0.25, 0.3) is 0 Å². The van der Waals surface area contributed by atoms with Crippen molar-refractivity contribution in [1.29, 1.82) is 0 Å². The van der Waals surface area contributed by atoms with Crippen molar-refractivity contribution in [2.75, 3.05) is 16.6 Å². The Morgan fingerprint density at radius 3 is 2.36 bits per heavy atom. The number of aliphatic carboxylic acids is 1. The van der Waals surface area contributed by atoms with Gasteiger partial charge in [-0.25, -0.2) is 8.42 Å². The molecule has 0 aliphatic heterocycles. The molecule has 0 heterocycles. The van der Waals surface area contributed by atoms with Crippen molar-refractivity contribution in [3.63, 3.8) is 0 Å². The van der Waals surface area contributed by atoms with Gasteiger partial charge >= 0.3 is 5.97 Å². The molecule has 0 fully saturated rings. The van der Waals surface area contributed by atoms with E-state index in [9.17, 15) is 18.0 Å². The van der Waals surface area contributed by atoms with E-state index in [-0.39, 0.29) is 29.2 Å². The number of hydrogen-bond acceptors (Lipinski definition) is 5. The second-order valence-corrected chi connectivity index (χ2v) is 8.93. The van der Waals surface area contributed by atoms with Crippen molar-refractivity contribution < 1.29 is 27.9 Å². The van der Waals surface area contributed by atoms with E-state index in [1.54, 1.807) is 43.3 Å². The highest BCUT2D eigenvalue weighted by Gasteiger charge is 2.20. The summed E-state index contributed by atoms with van der Waals surface area (Å²) < 4.78 is 34.0. The van der Waals surface area contributed by atoms with Gasteiger partial charge in [-0.05, 0) is 61.4 Å². The monoisotopic (exact) mass is 468 g/mol. The third-order valence-corrected chi connectivity index (χ3v) is 6.06. The Labute approximate surface area is 192 Å². The maximum absolute atomic E-state index is 13.0. The number of carbonyl (C=O) groups is 2. The first kappa shape index (κ1) is 23.8. The smallest absolute Gasteiger partial charge is 0.303 e. The fourth-order valence-electron chi connectivity index (χ4n) is 3.05. The number of hydrogen-bond donors (Lipinski definition) is 3. The van der Waals surface area contributed by atoms with Crippen molar-refractivity contribution in [2.24, 2.45) is 0 Å². The van der Waals surface area contributed by atoms with E-state index in [0.29, 0.717) is 23.4 Å². The Morgan fingerprint density at radius 1 is 0.970 bits per heavy atom. The maximum Gasteiger partial charge on any atom is 0.303 e. The fraction of sp³-hybridized carbons (Fsp3) is 0.167. The van der Waals surface area contributed by atoms with Gasteiger partial charge in [-0.2, -0.15) is 0 Å². The molecule has 3 aromatic rings. The highest BCUT2D eigenvalue weighted by Crippen LogP contribution is 2.25. The maximum atomic E-state index is 13.0. The molecule has 0 radical (unpaired) electrons. The van der Waals surface area contributed by atoms with Crippen molar-refractivity contribution in [3.05, 3.63) is 83.9 Å². The predicted molar refractivity (Wildman–Crippen MR) is 125 cm³/mol. The molecule has 3 rings (SSSR count). The molecule has 3 N–H and O–H groups in total. The van der Waals surface area contributed by atoms with Gasteiger partial charge in [-0.15, -0.1) is 0 Å². The van der Waals surface area contributed by atoms with Gasteiger partial charge in [0.15, 0.2) is 0 Å². The number of ether oxygens (including phenoxy) is 1. The Bertz CT molecular complexity index is 1240. The SMILES string of the molecule is Cc1cc(S(=O)(=O)Nc2ccccc2C(=O)Nc2ccccc2)ccc1OCCCC(=O)O. The van der Waals surface area contributed by atoms with Crippen molar-refractivity contribution in [1.82, 2.24) is 0 Å². The number of carbonyl (C=O) groups excluding carboxylic acids is 1. The number of para-hydroxylation sites is 2. The normalized spacial score (nSPS) is 10.9. The lowest BCUT2D eigenvalue weighted by Gasteiger charge is -2.14. The molecule has 8 nitrogen and oxygen atoms in total. The van der Waals surface area contributed by atoms with Gasteiger partial charge in [0, 0.05) is 12.1 Å². The average molecular weight is 469 g/mol. The van der Waals surface area contributed by atoms with Crippen LogP contribution in [0.5, 0.6) is 5.75 Å². The second kappa shape index (κ2) is 10.6. The Balaban J connectivity index is 1.75. The lowest BCUT2D eigenvalue weighted by Crippen LogP contribution is -2.18. The number of rotatable bonds is 10. The van der Waals surface area contributed by atoms with Crippen LogP contribution in [-0.2, 0) is 14.8 Å². The molecular weight excluding hydrogens is 444 g/mol. The molecule has 1 amide bonds. The summed E-state index contributed by atoms with van der Waals surface area (Å²) in [6.07, 6.45) is 0.338. The minimum Gasteiger partial charge on any atom is -0.493 e. The van der Waals surface area contributed by atoms with Crippen molar-refractivity contribution in [3.8, 4) is 5.75 Å². The number of anilines is 2. The lowest BCUT2D eigenvalue weighted by atomic mass is 10.1. The van der Waals surface area contributed by atoms with Crippen molar-refractivity contribution in [2.45, 2.75) is 24.7 Å². The van der Waals surface area contributed by atoms with Crippen LogP contribution in [0.15, 0.2) is 77.7 Å². The molecule has 0 aromatic heterocycles. The Hall–Kier alpha value is -3.85. The zero-order valence-electron chi connectivity index (χ0n) is 17.9. The number of carboxylic acid groups (broad SMARTS) is 1. The van der Waals surface area contributed by atoms with Crippen LogP contribution in [-0.4, -0.2) is 32.0 Å². The van der Waals surface area contributed by atoms with Crippen LogP contribution in [0, 0.1) is 6.92 Å². The van der Waals surface area contributed by atoms with Gasteiger partial charge < -0.3 is 15.2 Å². The molecule has 0 spiro atoms. The van der Waals surface area contributed by atoms with Gasteiger partial charge in [-0.1, -0.05) is 30.3 Å². The van der Waals surface area contributed by atoms with E-state index in [0.717, 1.165) is 0 Å². The van der Waals surface area contributed by atoms with E-state index in [4.69, 9.17) is 9.84 Å². The summed E-state index contributed by atoms with van der Waals surface area (Å²) in [5, 5.41) is 11.4. The molecule has 0 bridgehead atoms. The molecule has 0 saturated heterocycles. The predicted octanol–water partition coefficient (Wildman–Crippen LogP) is 4.29. The first-order valence-electron chi connectivity index (χ1n) is 10.2. The number of carboxylic acids is 1. The molecule has 3 aromatic carbocycles. The quantitative estimate of drug-likeness (QED) is 0.382. The van der Waals surface area contributed by atoms with Gasteiger partial charge in [0.2, 0.25) is 0 Å². The fourth-order valence-corrected chi connectivity index (χ4v) is 4.21. The Morgan fingerprint density at radius 2 is 1.67 bits per heavy atom. The first-order chi connectivity index (χ1) is 15.8. The summed E-state index contributed by atoms with van der Waals surface area (Å²) in [6, 6.07) is 19.6. The highest BCUT2D eigenvalue weighted by atomic mass is 32.2. The second-order valence-electron chi connectivity index (χ2n) is 7.24. The molecular formula is C24H24N2O6S. The summed E-state index contributed by atoms with van der Waals surface area (Å²) in [5.74, 6) is -0.872. The molecule has 0 saturated carbocycles. The van der Waals surface area contributed by atoms with E-state index in [1.807, 2.05) is 6.07 Å². The zero-order chi connectivity index (χ0) is 23.8. The van der Waals surface area contributed by atoms with E-state index in [2.05, 4.69) is 10.0 Å². The standard InChI is InChI=1S/C24H24N2O6S/c1-17-16-19(13-14-22(17)32-15-7-12-23(27)28)33(30,31)26-21-11-6-5-10-20(21)24(29)25-18-8-3-2-4-9-18/h2-6,8-11,13-14,16,26H,7,12,15H2,1H3,(H,25,29)(H,27,28). The molecule has 0 unspecified atom stereocenters. The van der Waals surface area contributed by atoms with Crippen LogP contribution in [0.3, 0.4) is 0 Å². The van der Waals surface area contributed by atoms with Gasteiger partial charge in [0.1, 0.15) is 5.75 Å². The molecule has 0 aliphatic carbocycles. The van der Waals surface area contributed by atoms with Gasteiger partial charge in [0.05, 0.1) is 22.8 Å². The lowest BCUT2D eigenvalue weighted by molar-refractivity contribution is -0.137. The number of sulfonamides is 1.